The van der Waals surface area contributed by atoms with Crippen molar-refractivity contribution in [1.29, 1.82) is 0 Å². The molecule has 0 amide bonds. The summed E-state index contributed by atoms with van der Waals surface area (Å²) in [7, 11) is 0. The average molecular weight is 356 g/mol. The predicted molar refractivity (Wildman–Crippen MR) is 94.3 cm³/mol. The molecule has 26 heavy (non-hydrogen) atoms. The van der Waals surface area contributed by atoms with Crippen molar-refractivity contribution in [3.05, 3.63) is 52.7 Å². The molecule has 0 radical (unpaired) electrons. The molecule has 6 nitrogen and oxygen atoms in total. The maximum Gasteiger partial charge on any atom is 0.344 e. The quantitative estimate of drug-likeness (QED) is 0.598. The summed E-state index contributed by atoms with van der Waals surface area (Å²) in [6.07, 6.45) is 1.36. The van der Waals surface area contributed by atoms with Gasteiger partial charge in [-0.2, -0.15) is 0 Å². The van der Waals surface area contributed by atoms with Gasteiger partial charge in [-0.15, -0.1) is 0 Å². The summed E-state index contributed by atoms with van der Waals surface area (Å²) < 4.78 is 21.6. The minimum atomic E-state index is -0.455. The molecule has 136 valence electrons. The third-order valence-electron chi connectivity index (χ3n) is 3.70. The highest BCUT2D eigenvalue weighted by molar-refractivity contribution is 6.15. The lowest BCUT2D eigenvalue weighted by atomic mass is 10.0. The van der Waals surface area contributed by atoms with Gasteiger partial charge in [0.2, 0.25) is 5.78 Å². The number of esters is 1. The lowest BCUT2D eigenvalue weighted by Gasteiger charge is -2.10. The number of ketones is 1. The second kappa shape index (κ2) is 7.07. The van der Waals surface area contributed by atoms with Gasteiger partial charge in [0.05, 0.1) is 11.7 Å². The van der Waals surface area contributed by atoms with Crippen LogP contribution >= 0.6 is 0 Å². The van der Waals surface area contributed by atoms with Crippen LogP contribution < -0.4 is 9.47 Å². The summed E-state index contributed by atoms with van der Waals surface area (Å²) in [5, 5.41) is 0. The van der Waals surface area contributed by atoms with Crippen LogP contribution in [-0.4, -0.2) is 24.5 Å². The molecule has 0 aliphatic carbocycles. The second-order valence-electron chi connectivity index (χ2n) is 6.33. The molecule has 6 heteroatoms. The molecule has 2 heterocycles. The molecule has 0 atom stereocenters. The number of aryl methyl sites for hydroxylation is 2. The van der Waals surface area contributed by atoms with E-state index < -0.39 is 5.97 Å². The summed E-state index contributed by atoms with van der Waals surface area (Å²) in [6.45, 7) is 6.95. The van der Waals surface area contributed by atoms with Crippen LogP contribution in [0.1, 0.15) is 41.3 Å². The molecule has 3 rings (SSSR count). The topological polar surface area (TPSA) is 75.0 Å². The predicted octanol–water partition coefficient (Wildman–Crippen LogP) is 3.84. The Morgan fingerprint density at radius 2 is 2.00 bits per heavy atom. The van der Waals surface area contributed by atoms with Gasteiger partial charge in [0.25, 0.3) is 0 Å². The van der Waals surface area contributed by atoms with Gasteiger partial charge in [0.15, 0.2) is 12.4 Å². The number of hydrogen-bond donors (Lipinski definition) is 0. The zero-order valence-corrected chi connectivity index (χ0v) is 15.1. The van der Waals surface area contributed by atoms with Gasteiger partial charge in [-0.1, -0.05) is 0 Å². The maximum atomic E-state index is 12.6. The van der Waals surface area contributed by atoms with Crippen molar-refractivity contribution in [1.82, 2.24) is 0 Å². The molecule has 0 saturated heterocycles. The highest BCUT2D eigenvalue weighted by Gasteiger charge is 2.30. The van der Waals surface area contributed by atoms with Gasteiger partial charge >= 0.3 is 5.97 Å². The Hall–Kier alpha value is -3.02. The first-order valence-corrected chi connectivity index (χ1v) is 8.31. The van der Waals surface area contributed by atoms with E-state index in [0.29, 0.717) is 28.4 Å². The number of hydrogen-bond acceptors (Lipinski definition) is 6. The number of allylic oxidation sites excluding steroid dienone is 1. The summed E-state index contributed by atoms with van der Waals surface area (Å²) >= 11 is 0. The Balaban J connectivity index is 1.78. The van der Waals surface area contributed by atoms with Gasteiger partial charge in [-0.25, -0.2) is 4.79 Å². The van der Waals surface area contributed by atoms with Crippen LogP contribution in [0.5, 0.6) is 11.5 Å². The number of carbonyl (C=O) groups excluding carboxylic acids is 2. The molecule has 1 aliphatic heterocycles. The van der Waals surface area contributed by atoms with Crippen LogP contribution in [0.15, 0.2) is 34.4 Å². The van der Waals surface area contributed by atoms with Crippen molar-refractivity contribution in [3.63, 3.8) is 0 Å². The molecule has 0 unspecified atom stereocenters. The second-order valence-corrected chi connectivity index (χ2v) is 6.33. The largest absolute Gasteiger partial charge is 0.482 e. The summed E-state index contributed by atoms with van der Waals surface area (Å²) in [6, 6.07) is 6.87. The van der Waals surface area contributed by atoms with Crippen LogP contribution in [0, 0.1) is 13.8 Å². The van der Waals surface area contributed by atoms with E-state index in [4.69, 9.17) is 18.6 Å². The van der Waals surface area contributed by atoms with E-state index in [9.17, 15) is 9.59 Å². The van der Waals surface area contributed by atoms with Crippen molar-refractivity contribution in [2.45, 2.75) is 33.8 Å². The molecular weight excluding hydrogens is 336 g/mol. The number of fused-ring (bicyclic) bond motifs is 1. The van der Waals surface area contributed by atoms with Crippen molar-refractivity contribution >= 4 is 17.8 Å². The molecule has 0 spiro atoms. The Labute approximate surface area is 151 Å². The molecule has 1 aromatic heterocycles. The number of Topliss-reactive ketones (excluding diaryl/α,β-unsaturated/α-hetero) is 1. The zero-order chi connectivity index (χ0) is 18.8. The van der Waals surface area contributed by atoms with Crippen molar-refractivity contribution in [3.8, 4) is 11.5 Å². The maximum absolute atomic E-state index is 12.6. The van der Waals surface area contributed by atoms with Crippen LogP contribution in [0.25, 0.3) is 6.08 Å². The third-order valence-corrected chi connectivity index (χ3v) is 3.70. The Bertz CT molecular complexity index is 888. The lowest BCUT2D eigenvalue weighted by Crippen LogP contribution is -2.18. The fourth-order valence-corrected chi connectivity index (χ4v) is 2.66. The highest BCUT2D eigenvalue weighted by Crippen LogP contribution is 2.37. The van der Waals surface area contributed by atoms with E-state index in [-0.39, 0.29) is 24.3 Å². The van der Waals surface area contributed by atoms with E-state index in [1.165, 1.54) is 0 Å². The molecule has 1 aliphatic rings. The van der Waals surface area contributed by atoms with Crippen molar-refractivity contribution < 1.29 is 28.2 Å². The molecule has 0 bridgehead atoms. The van der Waals surface area contributed by atoms with E-state index in [1.807, 2.05) is 13.0 Å². The molecule has 0 N–H and O–H groups in total. The minimum absolute atomic E-state index is 0.189. The first-order valence-electron chi connectivity index (χ1n) is 8.31. The van der Waals surface area contributed by atoms with Gasteiger partial charge in [0.1, 0.15) is 23.0 Å². The fourth-order valence-electron chi connectivity index (χ4n) is 2.66. The molecule has 1 aromatic carbocycles. The van der Waals surface area contributed by atoms with Crippen molar-refractivity contribution in [2.75, 3.05) is 6.61 Å². The van der Waals surface area contributed by atoms with Gasteiger partial charge in [-0.3, -0.25) is 4.79 Å². The molecule has 0 saturated carbocycles. The van der Waals surface area contributed by atoms with E-state index in [2.05, 4.69) is 0 Å². The minimum Gasteiger partial charge on any atom is -0.482 e. The van der Waals surface area contributed by atoms with E-state index >= 15 is 0 Å². The smallest absolute Gasteiger partial charge is 0.344 e. The Kier molecular flexibility index (Phi) is 4.84. The number of furan rings is 1. The molecule has 0 fully saturated rings. The summed E-state index contributed by atoms with van der Waals surface area (Å²) in [5.41, 5.74) is 1.19. The lowest BCUT2D eigenvalue weighted by molar-refractivity contribution is -0.149. The third kappa shape index (κ3) is 3.79. The first kappa shape index (κ1) is 17.8. The zero-order valence-electron chi connectivity index (χ0n) is 15.1. The van der Waals surface area contributed by atoms with E-state index in [0.717, 1.165) is 5.76 Å². The molecule has 2 aromatic rings. The Morgan fingerprint density at radius 3 is 2.65 bits per heavy atom. The molecular formula is C20H20O6. The van der Waals surface area contributed by atoms with Crippen molar-refractivity contribution in [2.24, 2.45) is 0 Å². The van der Waals surface area contributed by atoms with Crippen LogP contribution in [0.2, 0.25) is 0 Å². The number of ether oxygens (including phenoxy) is 3. The van der Waals surface area contributed by atoms with Crippen LogP contribution in [0.3, 0.4) is 0 Å². The van der Waals surface area contributed by atoms with Crippen LogP contribution in [-0.2, 0) is 9.53 Å². The number of carbonyl (C=O) groups is 2. The summed E-state index contributed by atoms with van der Waals surface area (Å²) in [5.74, 6) is 1.65. The van der Waals surface area contributed by atoms with Gasteiger partial charge in [-0.05, 0) is 51.5 Å². The normalized spacial score (nSPS) is 14.5. The number of rotatable bonds is 5. The standard InChI is InChI=1S/C20H20O6/c1-11(2)24-18(21)10-23-15-7-12(3)19-16(9-15)26-17(20(19)22)8-14-6-5-13(4)25-14/h5-9,11H,10H2,1-4H3/b17-8-. The van der Waals surface area contributed by atoms with Crippen LogP contribution in [0.4, 0.5) is 0 Å². The highest BCUT2D eigenvalue weighted by atomic mass is 16.6. The number of benzene rings is 1. The Morgan fingerprint density at radius 1 is 1.23 bits per heavy atom. The summed E-state index contributed by atoms with van der Waals surface area (Å²) in [4.78, 5) is 24.2. The van der Waals surface area contributed by atoms with Gasteiger partial charge in [0, 0.05) is 12.1 Å². The monoisotopic (exact) mass is 356 g/mol. The van der Waals surface area contributed by atoms with Gasteiger partial charge < -0.3 is 18.6 Å². The SMILES string of the molecule is Cc1ccc(/C=C2\Oc3cc(OCC(=O)OC(C)C)cc(C)c3C2=O)o1. The first-order chi connectivity index (χ1) is 12.3. The fraction of sp³-hybridized carbons (Fsp3) is 0.300. The van der Waals surface area contributed by atoms with E-state index in [1.54, 1.807) is 45.0 Å². The average Bonchev–Trinajstić information content (AvgIpc) is 3.09.